The number of hydrogen-bond donors (Lipinski definition) is 0. The fraction of sp³-hybridized carbons (Fsp3) is 0.250. The standard InChI is InChI=1S/C20H15FN2O3/c21-14-5-3-11(4-6-14)16-8-7-15(26-16)10-22-23-19(24)17-12-1-2-13(9-12)18(17)20(23)25/h1-8,10,12-13,17-18H,9H2/b22-10-/t12-,13-,17+,18+/m0/s1. The average molecular weight is 350 g/mol. The van der Waals surface area contributed by atoms with Gasteiger partial charge in [-0.3, -0.25) is 9.59 Å². The summed E-state index contributed by atoms with van der Waals surface area (Å²) in [7, 11) is 0. The third-order valence-corrected chi connectivity index (χ3v) is 5.50. The van der Waals surface area contributed by atoms with Gasteiger partial charge >= 0.3 is 0 Å². The van der Waals surface area contributed by atoms with Crippen LogP contribution in [0.5, 0.6) is 0 Å². The first-order chi connectivity index (χ1) is 12.6. The summed E-state index contributed by atoms with van der Waals surface area (Å²) in [4.78, 5) is 25.1. The van der Waals surface area contributed by atoms with E-state index < -0.39 is 0 Å². The summed E-state index contributed by atoms with van der Waals surface area (Å²) in [6.45, 7) is 0. The minimum absolute atomic E-state index is 0.162. The van der Waals surface area contributed by atoms with Gasteiger partial charge in [-0.05, 0) is 54.7 Å². The zero-order valence-corrected chi connectivity index (χ0v) is 13.7. The second-order valence-electron chi connectivity index (χ2n) is 6.94. The molecule has 1 aromatic heterocycles. The average Bonchev–Trinajstić information content (AvgIpc) is 3.40. The van der Waals surface area contributed by atoms with Gasteiger partial charge in [-0.25, -0.2) is 4.39 Å². The minimum atomic E-state index is -0.317. The number of carbonyl (C=O) groups excluding carboxylic acids is 2. The number of hydrogen-bond acceptors (Lipinski definition) is 4. The molecule has 26 heavy (non-hydrogen) atoms. The highest BCUT2D eigenvalue weighted by atomic mass is 19.1. The molecular formula is C20H15FN2O3. The predicted molar refractivity (Wildman–Crippen MR) is 91.3 cm³/mol. The Kier molecular flexibility index (Phi) is 3.22. The van der Waals surface area contributed by atoms with Crippen molar-refractivity contribution in [1.29, 1.82) is 0 Å². The van der Waals surface area contributed by atoms with Crippen molar-refractivity contribution in [2.45, 2.75) is 6.42 Å². The van der Waals surface area contributed by atoms with Crippen molar-refractivity contribution in [3.8, 4) is 11.3 Å². The number of benzene rings is 1. The molecule has 1 saturated heterocycles. The summed E-state index contributed by atoms with van der Waals surface area (Å²) in [5.41, 5.74) is 0.733. The molecule has 0 radical (unpaired) electrons. The lowest BCUT2D eigenvalue weighted by molar-refractivity contribution is -0.140. The molecular weight excluding hydrogens is 335 g/mol. The lowest BCUT2D eigenvalue weighted by Gasteiger charge is -2.13. The van der Waals surface area contributed by atoms with E-state index in [-0.39, 0.29) is 41.3 Å². The summed E-state index contributed by atoms with van der Waals surface area (Å²) in [6, 6.07) is 9.38. The second kappa shape index (κ2) is 5.49. The van der Waals surface area contributed by atoms with Crippen molar-refractivity contribution in [2.75, 3.05) is 0 Å². The molecule has 3 aliphatic rings. The highest BCUT2D eigenvalue weighted by molar-refractivity contribution is 6.06. The maximum absolute atomic E-state index is 13.0. The third kappa shape index (κ3) is 2.18. The van der Waals surface area contributed by atoms with Crippen molar-refractivity contribution in [2.24, 2.45) is 28.8 Å². The molecule has 130 valence electrons. The smallest absolute Gasteiger partial charge is 0.254 e. The number of imide groups is 1. The first-order valence-corrected chi connectivity index (χ1v) is 8.58. The Bertz CT molecular complexity index is 930. The first-order valence-electron chi connectivity index (χ1n) is 8.58. The van der Waals surface area contributed by atoms with Gasteiger partial charge in [-0.1, -0.05) is 12.2 Å². The Hall–Kier alpha value is -3.02. The van der Waals surface area contributed by atoms with Crippen molar-refractivity contribution >= 4 is 18.0 Å². The summed E-state index contributed by atoms with van der Waals surface area (Å²) >= 11 is 0. The molecule has 0 unspecified atom stereocenters. The van der Waals surface area contributed by atoms with Crippen LogP contribution in [0.4, 0.5) is 4.39 Å². The second-order valence-corrected chi connectivity index (χ2v) is 6.94. The number of furan rings is 1. The Morgan fingerprint density at radius 2 is 1.65 bits per heavy atom. The van der Waals surface area contributed by atoms with Gasteiger partial charge < -0.3 is 4.42 Å². The molecule has 1 saturated carbocycles. The molecule has 1 aliphatic heterocycles. The molecule has 5 rings (SSSR count). The van der Waals surface area contributed by atoms with E-state index in [1.165, 1.54) is 18.3 Å². The Labute approximate surface area is 148 Å². The third-order valence-electron chi connectivity index (χ3n) is 5.50. The van der Waals surface area contributed by atoms with Crippen LogP contribution in [0.15, 0.2) is 58.1 Å². The van der Waals surface area contributed by atoms with E-state index >= 15 is 0 Å². The quantitative estimate of drug-likeness (QED) is 0.485. The van der Waals surface area contributed by atoms with Gasteiger partial charge in [0.2, 0.25) is 0 Å². The van der Waals surface area contributed by atoms with Gasteiger partial charge in [0.25, 0.3) is 11.8 Å². The van der Waals surface area contributed by atoms with Crippen LogP contribution in [0.25, 0.3) is 11.3 Å². The molecule has 6 heteroatoms. The number of carbonyl (C=O) groups is 2. The number of hydrazone groups is 1. The van der Waals surface area contributed by atoms with Crippen LogP contribution >= 0.6 is 0 Å². The molecule has 2 bridgehead atoms. The molecule has 4 atom stereocenters. The van der Waals surface area contributed by atoms with Crippen LogP contribution in [0, 0.1) is 29.5 Å². The lowest BCUT2D eigenvalue weighted by atomic mass is 9.85. The van der Waals surface area contributed by atoms with Crippen LogP contribution < -0.4 is 0 Å². The van der Waals surface area contributed by atoms with Crippen LogP contribution in [-0.2, 0) is 9.59 Å². The van der Waals surface area contributed by atoms with Gasteiger partial charge in [0.15, 0.2) is 0 Å². The highest BCUT2D eigenvalue weighted by Gasteiger charge is 2.59. The lowest BCUT2D eigenvalue weighted by Crippen LogP contribution is -2.28. The van der Waals surface area contributed by atoms with Crippen LogP contribution in [-0.4, -0.2) is 23.0 Å². The summed E-state index contributed by atoms with van der Waals surface area (Å²) in [5, 5.41) is 5.07. The molecule has 1 aromatic carbocycles. The first kappa shape index (κ1) is 15.3. The largest absolute Gasteiger partial charge is 0.455 e. The van der Waals surface area contributed by atoms with E-state index in [9.17, 15) is 14.0 Å². The summed E-state index contributed by atoms with van der Waals surface area (Å²) in [6.07, 6.45) is 6.36. The predicted octanol–water partition coefficient (Wildman–Crippen LogP) is 3.23. The van der Waals surface area contributed by atoms with Gasteiger partial charge in [0.05, 0.1) is 18.1 Å². The van der Waals surface area contributed by atoms with E-state index in [2.05, 4.69) is 5.10 Å². The molecule has 2 aliphatic carbocycles. The van der Waals surface area contributed by atoms with Crippen molar-refractivity contribution in [1.82, 2.24) is 5.01 Å². The van der Waals surface area contributed by atoms with Gasteiger partial charge in [0.1, 0.15) is 17.3 Å². The normalized spacial score (nSPS) is 29.3. The topological polar surface area (TPSA) is 62.9 Å². The highest BCUT2D eigenvalue weighted by Crippen LogP contribution is 2.52. The number of amides is 2. The molecule has 2 amide bonds. The van der Waals surface area contributed by atoms with Crippen LogP contribution in [0.2, 0.25) is 0 Å². The molecule has 2 fully saturated rings. The monoisotopic (exact) mass is 350 g/mol. The van der Waals surface area contributed by atoms with Gasteiger partial charge in [-0.15, -0.1) is 0 Å². The van der Waals surface area contributed by atoms with E-state index in [0.717, 1.165) is 17.0 Å². The molecule has 2 aromatic rings. The van der Waals surface area contributed by atoms with E-state index in [1.807, 2.05) is 12.2 Å². The maximum atomic E-state index is 13.0. The molecule has 5 nitrogen and oxygen atoms in total. The maximum Gasteiger partial charge on any atom is 0.254 e. The fourth-order valence-corrected chi connectivity index (χ4v) is 4.31. The number of rotatable bonds is 3. The minimum Gasteiger partial charge on any atom is -0.455 e. The SMILES string of the molecule is O=C1[C@H]2[C@H](C(=O)N1/N=C\c1ccc(-c3ccc(F)cc3)o1)[C@H]1C=C[C@H]2C1. The van der Waals surface area contributed by atoms with Gasteiger partial charge in [-0.2, -0.15) is 10.1 Å². The summed E-state index contributed by atoms with van der Waals surface area (Å²) < 4.78 is 18.7. The molecule has 2 heterocycles. The van der Waals surface area contributed by atoms with Crippen molar-refractivity contribution in [3.05, 3.63) is 60.1 Å². The van der Waals surface area contributed by atoms with E-state index in [1.54, 1.807) is 24.3 Å². The van der Waals surface area contributed by atoms with Crippen molar-refractivity contribution in [3.63, 3.8) is 0 Å². The Morgan fingerprint density at radius 3 is 2.31 bits per heavy atom. The fourth-order valence-electron chi connectivity index (χ4n) is 4.31. The van der Waals surface area contributed by atoms with E-state index in [0.29, 0.717) is 11.5 Å². The zero-order valence-electron chi connectivity index (χ0n) is 13.7. The zero-order chi connectivity index (χ0) is 17.8. The number of halogens is 1. The summed E-state index contributed by atoms with van der Waals surface area (Å²) in [5.74, 6) is 0.0134. The van der Waals surface area contributed by atoms with Crippen molar-refractivity contribution < 1.29 is 18.4 Å². The molecule has 0 N–H and O–H groups in total. The Morgan fingerprint density at radius 1 is 1.00 bits per heavy atom. The van der Waals surface area contributed by atoms with Crippen LogP contribution in [0.1, 0.15) is 12.2 Å². The molecule has 0 spiro atoms. The number of allylic oxidation sites excluding steroid dienone is 2. The Balaban J connectivity index is 1.36. The number of fused-ring (bicyclic) bond motifs is 5. The number of nitrogens with zero attached hydrogens (tertiary/aromatic N) is 2. The van der Waals surface area contributed by atoms with E-state index in [4.69, 9.17) is 4.42 Å². The van der Waals surface area contributed by atoms with Gasteiger partial charge in [0, 0.05) is 5.56 Å². The van der Waals surface area contributed by atoms with Crippen LogP contribution in [0.3, 0.4) is 0 Å².